The average Bonchev–Trinajstić information content (AvgIpc) is 3.31. The molecule has 1 fully saturated rings. The molecule has 3 nitrogen and oxygen atoms in total. The Hall–Kier alpha value is -1.58. The molecule has 0 bridgehead atoms. The van der Waals surface area contributed by atoms with E-state index in [1.807, 2.05) is 0 Å². The monoisotopic (exact) mass is 307 g/mol. The van der Waals surface area contributed by atoms with Gasteiger partial charge in [-0.2, -0.15) is 0 Å². The summed E-state index contributed by atoms with van der Waals surface area (Å²) in [7, 11) is 4.60. The molecule has 0 unspecified atom stereocenters. The second-order valence-corrected chi connectivity index (χ2v) is 7.75. The summed E-state index contributed by atoms with van der Waals surface area (Å²) in [6, 6.07) is 8.11. The summed E-state index contributed by atoms with van der Waals surface area (Å²) in [5, 5.41) is 1.46. The lowest BCUT2D eigenvalue weighted by Gasteiger charge is -2.40. The van der Waals surface area contributed by atoms with E-state index in [0.29, 0.717) is 12.0 Å². The molecule has 1 aromatic carbocycles. The highest BCUT2D eigenvalue weighted by atomic mass is 15.2. The van der Waals surface area contributed by atoms with Crippen molar-refractivity contribution in [1.82, 2.24) is 14.8 Å². The Labute approximate surface area is 138 Å². The molecule has 120 valence electrons. The van der Waals surface area contributed by atoms with Crippen LogP contribution < -0.4 is 0 Å². The number of likely N-dealkylation sites (N-methyl/N-ethyl adjacent to an activating group) is 1. The van der Waals surface area contributed by atoms with Crippen molar-refractivity contribution in [1.29, 1.82) is 0 Å². The van der Waals surface area contributed by atoms with Crippen molar-refractivity contribution < 1.29 is 0 Å². The number of nitrogens with zero attached hydrogens (tertiary/aromatic N) is 2. The van der Waals surface area contributed by atoms with Crippen LogP contribution >= 0.6 is 0 Å². The lowest BCUT2D eigenvalue weighted by atomic mass is 9.80. The van der Waals surface area contributed by atoms with E-state index in [1.54, 1.807) is 5.57 Å². The quantitative estimate of drug-likeness (QED) is 0.941. The number of hydrogen-bond acceptors (Lipinski definition) is 2. The van der Waals surface area contributed by atoms with Crippen molar-refractivity contribution in [2.45, 2.75) is 31.3 Å². The van der Waals surface area contributed by atoms with Crippen molar-refractivity contribution in [3.8, 4) is 0 Å². The minimum atomic E-state index is 0.548. The summed E-state index contributed by atoms with van der Waals surface area (Å²) in [5.74, 6) is 0.646. The summed E-state index contributed by atoms with van der Waals surface area (Å²) in [4.78, 5) is 8.61. The Morgan fingerprint density at radius 2 is 2.17 bits per heavy atom. The van der Waals surface area contributed by atoms with Gasteiger partial charge in [-0.1, -0.05) is 18.2 Å². The highest BCUT2D eigenvalue weighted by Gasteiger charge is 2.35. The van der Waals surface area contributed by atoms with E-state index in [9.17, 15) is 0 Å². The summed E-state index contributed by atoms with van der Waals surface area (Å²) in [5.41, 5.74) is 5.79. The molecular weight excluding hydrogens is 282 g/mol. The van der Waals surface area contributed by atoms with E-state index in [-0.39, 0.29) is 0 Å². The molecule has 3 heteroatoms. The van der Waals surface area contributed by atoms with E-state index in [1.165, 1.54) is 48.0 Å². The van der Waals surface area contributed by atoms with Crippen LogP contribution in [0.1, 0.15) is 24.0 Å². The van der Waals surface area contributed by atoms with Gasteiger partial charge < -0.3 is 9.88 Å². The number of benzene rings is 1. The van der Waals surface area contributed by atoms with Gasteiger partial charge in [0.2, 0.25) is 0 Å². The van der Waals surface area contributed by atoms with Crippen LogP contribution in [0.3, 0.4) is 0 Å². The number of H-pyrrole nitrogens is 1. The van der Waals surface area contributed by atoms with Crippen LogP contribution in [0, 0.1) is 5.92 Å². The minimum absolute atomic E-state index is 0.548. The van der Waals surface area contributed by atoms with Gasteiger partial charge in [-0.05, 0) is 56.1 Å². The minimum Gasteiger partial charge on any atom is -0.361 e. The Morgan fingerprint density at radius 3 is 3.00 bits per heavy atom. The van der Waals surface area contributed by atoms with Crippen LogP contribution in [0.25, 0.3) is 16.5 Å². The zero-order chi connectivity index (χ0) is 15.6. The molecular formula is C20H25N3. The van der Waals surface area contributed by atoms with Gasteiger partial charge in [0.15, 0.2) is 0 Å². The van der Waals surface area contributed by atoms with E-state index in [0.717, 1.165) is 12.5 Å². The molecule has 0 radical (unpaired) electrons. The third-order valence-electron chi connectivity index (χ3n) is 6.03. The van der Waals surface area contributed by atoms with Crippen LogP contribution in [0.5, 0.6) is 0 Å². The summed E-state index contributed by atoms with van der Waals surface area (Å²) in [6.07, 6.45) is 8.74. The molecule has 2 aliphatic carbocycles. The predicted octanol–water partition coefficient (Wildman–Crippen LogP) is 3.13. The number of rotatable bonds is 3. The smallest absolute Gasteiger partial charge is 0.0462 e. The van der Waals surface area contributed by atoms with Gasteiger partial charge in [0.25, 0.3) is 0 Å². The van der Waals surface area contributed by atoms with E-state index in [4.69, 9.17) is 0 Å². The van der Waals surface area contributed by atoms with E-state index < -0.39 is 0 Å². The van der Waals surface area contributed by atoms with Gasteiger partial charge in [-0.15, -0.1) is 0 Å². The van der Waals surface area contributed by atoms with E-state index >= 15 is 0 Å². The fourth-order valence-corrected chi connectivity index (χ4v) is 4.70. The highest BCUT2D eigenvalue weighted by Crippen LogP contribution is 2.41. The fraction of sp³-hybridized carbons (Fsp3) is 0.500. The normalized spacial score (nSPS) is 27.3. The van der Waals surface area contributed by atoms with Crippen LogP contribution in [0.2, 0.25) is 0 Å². The molecule has 5 rings (SSSR count). The summed E-state index contributed by atoms with van der Waals surface area (Å²) >= 11 is 0. The predicted molar refractivity (Wildman–Crippen MR) is 95.5 cm³/mol. The number of aromatic amines is 1. The van der Waals surface area contributed by atoms with Gasteiger partial charge in [-0.3, -0.25) is 4.90 Å². The topological polar surface area (TPSA) is 22.3 Å². The van der Waals surface area contributed by atoms with Gasteiger partial charge in [0.1, 0.15) is 0 Å². The maximum absolute atomic E-state index is 3.46. The average molecular weight is 307 g/mol. The molecule has 2 atom stereocenters. The van der Waals surface area contributed by atoms with Crippen LogP contribution in [-0.4, -0.2) is 54.1 Å². The highest BCUT2D eigenvalue weighted by molar-refractivity contribution is 5.98. The molecule has 1 aromatic heterocycles. The summed E-state index contributed by atoms with van der Waals surface area (Å²) in [6.45, 7) is 2.38. The standard InChI is InChI=1S/C20H25N3/c1-22(15-6-7-15)11-13-8-17-16-4-3-5-18-20(16)14(10-21-18)9-19(17)23(2)12-13/h3-5,8,10,13,15,19,21H,6-7,9,11-12H2,1-2H3/t13-,19+/m0/s1. The van der Waals surface area contributed by atoms with Crippen molar-refractivity contribution in [2.75, 3.05) is 27.2 Å². The maximum atomic E-state index is 3.46. The first-order valence-electron chi connectivity index (χ1n) is 8.92. The Balaban J connectivity index is 1.55. The number of hydrogen-bond donors (Lipinski definition) is 1. The molecule has 0 spiro atoms. The molecule has 1 saturated carbocycles. The lowest BCUT2D eigenvalue weighted by Crippen LogP contribution is -2.45. The molecule has 0 amide bonds. The van der Waals surface area contributed by atoms with Crippen molar-refractivity contribution in [2.24, 2.45) is 5.92 Å². The van der Waals surface area contributed by atoms with Crippen molar-refractivity contribution in [3.63, 3.8) is 0 Å². The largest absolute Gasteiger partial charge is 0.361 e. The van der Waals surface area contributed by atoms with Crippen LogP contribution in [0.15, 0.2) is 30.5 Å². The van der Waals surface area contributed by atoms with Crippen molar-refractivity contribution in [3.05, 3.63) is 41.6 Å². The first kappa shape index (κ1) is 13.8. The molecule has 1 aliphatic heterocycles. The van der Waals surface area contributed by atoms with Crippen LogP contribution in [0.4, 0.5) is 0 Å². The molecule has 2 aromatic rings. The second kappa shape index (κ2) is 4.96. The first-order chi connectivity index (χ1) is 11.2. The van der Waals surface area contributed by atoms with Gasteiger partial charge >= 0.3 is 0 Å². The molecule has 23 heavy (non-hydrogen) atoms. The number of aromatic nitrogens is 1. The maximum Gasteiger partial charge on any atom is 0.0462 e. The van der Waals surface area contributed by atoms with Gasteiger partial charge in [0, 0.05) is 48.2 Å². The summed E-state index contributed by atoms with van der Waals surface area (Å²) < 4.78 is 0. The van der Waals surface area contributed by atoms with Crippen LogP contribution in [-0.2, 0) is 6.42 Å². The number of nitrogens with one attached hydrogen (secondary N) is 1. The molecule has 2 heterocycles. The molecule has 3 aliphatic rings. The third-order valence-corrected chi connectivity index (χ3v) is 6.03. The second-order valence-electron chi connectivity index (χ2n) is 7.75. The Bertz CT molecular complexity index is 783. The lowest BCUT2D eigenvalue weighted by molar-refractivity contribution is 0.204. The Morgan fingerprint density at radius 1 is 1.30 bits per heavy atom. The molecule has 1 N–H and O–H groups in total. The van der Waals surface area contributed by atoms with Gasteiger partial charge in [0.05, 0.1) is 0 Å². The molecule has 0 saturated heterocycles. The SMILES string of the molecule is CN(C[C@@H]1C=C2c3cccc4[nH]cc(c34)C[C@H]2N(C)C1)C1CC1. The zero-order valence-corrected chi connectivity index (χ0v) is 14.0. The third kappa shape index (κ3) is 2.18. The fourth-order valence-electron chi connectivity index (χ4n) is 4.70. The van der Waals surface area contributed by atoms with Gasteiger partial charge in [-0.25, -0.2) is 0 Å². The zero-order valence-electron chi connectivity index (χ0n) is 14.0. The first-order valence-corrected chi connectivity index (χ1v) is 8.92. The van der Waals surface area contributed by atoms with E-state index in [2.05, 4.69) is 59.4 Å². The number of fused-ring (bicyclic) bond motifs is 2. The Kier molecular flexibility index (Phi) is 2.98. The van der Waals surface area contributed by atoms with Crippen molar-refractivity contribution >= 4 is 16.5 Å².